The number of anilines is 2. The van der Waals surface area contributed by atoms with Gasteiger partial charge in [0.2, 0.25) is 0 Å². The minimum atomic E-state index is -0.912. The lowest BCUT2D eigenvalue weighted by atomic mass is 10.0. The highest BCUT2D eigenvalue weighted by atomic mass is 19.1. The number of carbonyl (C=O) groups excluding carboxylic acids is 1. The summed E-state index contributed by atoms with van der Waals surface area (Å²) in [4.78, 5) is 18.4. The molecule has 2 aromatic heterocycles. The van der Waals surface area contributed by atoms with Crippen molar-refractivity contribution in [3.63, 3.8) is 0 Å². The number of aromatic nitrogens is 3. The molecule has 0 spiro atoms. The summed E-state index contributed by atoms with van der Waals surface area (Å²) >= 11 is 0. The van der Waals surface area contributed by atoms with E-state index in [9.17, 15) is 23.1 Å². The van der Waals surface area contributed by atoms with E-state index >= 15 is 0 Å². The van der Waals surface area contributed by atoms with Gasteiger partial charge in [-0.05, 0) is 43.5 Å². The normalized spacial score (nSPS) is 22.7. The Labute approximate surface area is 174 Å². The Morgan fingerprint density at radius 2 is 2.03 bits per heavy atom. The number of amides is 2. The minimum Gasteiger partial charge on any atom is -0.391 e. The number of carbonyl (C=O) groups is 1. The van der Waals surface area contributed by atoms with Crippen LogP contribution in [0.1, 0.15) is 30.9 Å². The second kappa shape index (κ2) is 7.41. The summed E-state index contributed by atoms with van der Waals surface area (Å²) in [6.07, 6.45) is 2.70. The summed E-state index contributed by atoms with van der Waals surface area (Å²) in [5.74, 6) is -1.51. The molecular formula is C20H19F3N6O2. The number of nitrogens with one attached hydrogen (secondary N) is 2. The lowest BCUT2D eigenvalue weighted by molar-refractivity contribution is 0.241. The lowest BCUT2D eigenvalue weighted by Crippen LogP contribution is -2.32. The predicted octanol–water partition coefficient (Wildman–Crippen LogP) is 2.74. The smallest absolute Gasteiger partial charge is 0.319 e. The molecule has 3 aromatic rings. The topological polar surface area (TPSA) is 94.8 Å². The molecular weight excluding hydrogens is 413 g/mol. The van der Waals surface area contributed by atoms with Gasteiger partial charge in [-0.25, -0.2) is 23.1 Å². The number of aliphatic hydroxyl groups excluding tert-OH is 1. The van der Waals surface area contributed by atoms with Gasteiger partial charge in [0.15, 0.2) is 5.65 Å². The molecule has 0 bridgehead atoms. The van der Waals surface area contributed by atoms with Crippen molar-refractivity contribution in [1.29, 1.82) is 0 Å². The van der Waals surface area contributed by atoms with Crippen molar-refractivity contribution in [3.05, 3.63) is 53.6 Å². The number of hydrogen-bond donors (Lipinski definition) is 3. The molecule has 1 saturated heterocycles. The van der Waals surface area contributed by atoms with Crippen LogP contribution in [0.2, 0.25) is 0 Å². The van der Waals surface area contributed by atoms with Crippen LogP contribution < -0.4 is 15.5 Å². The van der Waals surface area contributed by atoms with Gasteiger partial charge >= 0.3 is 6.03 Å². The molecule has 2 fully saturated rings. The highest BCUT2D eigenvalue weighted by Crippen LogP contribution is 2.37. The molecule has 1 aromatic carbocycles. The van der Waals surface area contributed by atoms with Crippen LogP contribution in [0.3, 0.4) is 0 Å². The second-order valence-electron chi connectivity index (χ2n) is 7.74. The van der Waals surface area contributed by atoms with Gasteiger partial charge in [-0.3, -0.25) is 0 Å². The van der Waals surface area contributed by atoms with Crippen LogP contribution in [-0.4, -0.2) is 44.4 Å². The third-order valence-corrected chi connectivity index (χ3v) is 5.60. The maximum absolute atomic E-state index is 14.4. The monoisotopic (exact) mass is 432 g/mol. The van der Waals surface area contributed by atoms with E-state index in [1.54, 1.807) is 6.07 Å². The van der Waals surface area contributed by atoms with Crippen molar-refractivity contribution in [1.82, 2.24) is 19.9 Å². The lowest BCUT2D eigenvalue weighted by Gasteiger charge is -2.26. The molecule has 162 valence electrons. The van der Waals surface area contributed by atoms with Crippen molar-refractivity contribution in [3.8, 4) is 0 Å². The maximum atomic E-state index is 14.4. The van der Waals surface area contributed by atoms with E-state index in [-0.39, 0.29) is 22.9 Å². The van der Waals surface area contributed by atoms with E-state index in [0.717, 1.165) is 18.6 Å². The first-order valence-electron chi connectivity index (χ1n) is 9.93. The van der Waals surface area contributed by atoms with Gasteiger partial charge in [0.25, 0.3) is 5.95 Å². The largest absolute Gasteiger partial charge is 0.391 e. The molecule has 11 heteroatoms. The number of urea groups is 1. The first-order valence-corrected chi connectivity index (χ1v) is 9.93. The van der Waals surface area contributed by atoms with Crippen LogP contribution in [0.5, 0.6) is 0 Å². The Morgan fingerprint density at radius 1 is 1.23 bits per heavy atom. The molecule has 0 unspecified atom stereocenters. The Bertz CT molecular complexity index is 1170. The van der Waals surface area contributed by atoms with Gasteiger partial charge in [0.05, 0.1) is 18.2 Å². The van der Waals surface area contributed by atoms with Gasteiger partial charge in [-0.1, -0.05) is 0 Å². The summed E-state index contributed by atoms with van der Waals surface area (Å²) < 4.78 is 43.6. The number of aliphatic hydroxyl groups is 1. The van der Waals surface area contributed by atoms with Crippen molar-refractivity contribution >= 4 is 23.2 Å². The molecule has 1 aliphatic carbocycles. The fourth-order valence-corrected chi connectivity index (χ4v) is 3.95. The summed E-state index contributed by atoms with van der Waals surface area (Å²) in [5, 5.41) is 18.0. The van der Waals surface area contributed by atoms with Crippen molar-refractivity contribution in [2.45, 2.75) is 37.5 Å². The summed E-state index contributed by atoms with van der Waals surface area (Å²) in [5.41, 5.74) is 0.105. The van der Waals surface area contributed by atoms with E-state index in [1.807, 2.05) is 4.90 Å². The van der Waals surface area contributed by atoms with Gasteiger partial charge < -0.3 is 20.6 Å². The van der Waals surface area contributed by atoms with E-state index < -0.39 is 35.8 Å². The standard InChI is InChI=1S/C20H19F3N6O2/c21-10-3-4-12(22)11(8-10)14-2-1-6-28(14)16-5-7-29-19(25-16)17(18(23)27-29)26-20(31)24-13-9-15(13)30/h3-5,7-8,13-15,30H,1-2,6,9H2,(H2,24,26,31)/t13-,14-,15-/m1/s1. The zero-order chi connectivity index (χ0) is 21.7. The summed E-state index contributed by atoms with van der Waals surface area (Å²) in [7, 11) is 0. The molecule has 3 atom stereocenters. The second-order valence-corrected chi connectivity index (χ2v) is 7.74. The average Bonchev–Trinajstić information content (AvgIpc) is 3.13. The molecule has 1 saturated carbocycles. The first kappa shape index (κ1) is 19.6. The molecule has 3 heterocycles. The number of hydrogen-bond acceptors (Lipinski definition) is 5. The fraction of sp³-hybridized carbons (Fsp3) is 0.350. The Morgan fingerprint density at radius 3 is 2.81 bits per heavy atom. The van der Waals surface area contributed by atoms with Gasteiger partial charge in [-0.15, -0.1) is 5.10 Å². The van der Waals surface area contributed by atoms with Gasteiger partial charge in [-0.2, -0.15) is 4.39 Å². The number of benzene rings is 1. The number of fused-ring (bicyclic) bond motifs is 1. The molecule has 0 radical (unpaired) electrons. The van der Waals surface area contributed by atoms with Crippen molar-refractivity contribution in [2.75, 3.05) is 16.8 Å². The summed E-state index contributed by atoms with van der Waals surface area (Å²) in [6, 6.07) is 3.50. The Hall–Kier alpha value is -3.34. The SMILES string of the molecule is O=C(Nc1c(F)nn2ccc(N3CCC[C@@H]3c3cc(F)ccc3F)nc12)N[C@@H]1C[C@H]1O. The maximum Gasteiger partial charge on any atom is 0.319 e. The molecule has 1 aliphatic heterocycles. The molecule has 2 amide bonds. The minimum absolute atomic E-state index is 0.0758. The zero-order valence-electron chi connectivity index (χ0n) is 16.2. The third kappa shape index (κ3) is 3.65. The first-order chi connectivity index (χ1) is 14.9. The van der Waals surface area contributed by atoms with E-state index in [2.05, 4.69) is 20.7 Å². The summed E-state index contributed by atoms with van der Waals surface area (Å²) in [6.45, 7) is 0.559. The van der Waals surface area contributed by atoms with Crippen molar-refractivity contribution in [2.24, 2.45) is 0 Å². The molecule has 5 rings (SSSR count). The van der Waals surface area contributed by atoms with Crippen LogP contribution in [0, 0.1) is 17.6 Å². The highest BCUT2D eigenvalue weighted by molar-refractivity contribution is 5.93. The molecule has 3 N–H and O–H groups in total. The number of halogens is 3. The fourth-order valence-electron chi connectivity index (χ4n) is 3.95. The number of rotatable bonds is 4. The molecule has 8 nitrogen and oxygen atoms in total. The quantitative estimate of drug-likeness (QED) is 0.590. The predicted molar refractivity (Wildman–Crippen MR) is 105 cm³/mol. The van der Waals surface area contributed by atoms with Crippen LogP contribution in [0.4, 0.5) is 29.5 Å². The van der Waals surface area contributed by atoms with Crippen LogP contribution in [0.25, 0.3) is 5.65 Å². The Kier molecular flexibility index (Phi) is 4.69. The number of nitrogens with zero attached hydrogens (tertiary/aromatic N) is 4. The van der Waals surface area contributed by atoms with E-state index in [4.69, 9.17) is 0 Å². The van der Waals surface area contributed by atoms with Crippen LogP contribution in [0.15, 0.2) is 30.5 Å². The van der Waals surface area contributed by atoms with Gasteiger partial charge in [0, 0.05) is 18.3 Å². The molecule has 31 heavy (non-hydrogen) atoms. The third-order valence-electron chi connectivity index (χ3n) is 5.60. The average molecular weight is 432 g/mol. The molecule has 2 aliphatic rings. The zero-order valence-corrected chi connectivity index (χ0v) is 16.2. The Balaban J connectivity index is 1.46. The van der Waals surface area contributed by atoms with Crippen LogP contribution in [-0.2, 0) is 0 Å². The van der Waals surface area contributed by atoms with E-state index in [1.165, 1.54) is 16.8 Å². The van der Waals surface area contributed by atoms with Crippen LogP contribution >= 0.6 is 0 Å². The van der Waals surface area contributed by atoms with E-state index in [0.29, 0.717) is 25.2 Å². The highest BCUT2D eigenvalue weighted by Gasteiger charge is 2.37. The van der Waals surface area contributed by atoms with Crippen molar-refractivity contribution < 1.29 is 23.1 Å². The van der Waals surface area contributed by atoms with Gasteiger partial charge in [0.1, 0.15) is 23.1 Å².